The van der Waals surface area contributed by atoms with Gasteiger partial charge < -0.3 is 5.32 Å². The van der Waals surface area contributed by atoms with Gasteiger partial charge in [0.1, 0.15) is 0 Å². The molecule has 0 aromatic carbocycles. The molecule has 1 rings (SSSR count). The van der Waals surface area contributed by atoms with E-state index in [-0.39, 0.29) is 11.8 Å². The van der Waals surface area contributed by atoms with Crippen LogP contribution in [0, 0.1) is 11.8 Å². The number of hydrogen-bond donors (Lipinski definition) is 1. The van der Waals surface area contributed by atoms with Crippen LogP contribution in [-0.2, 0) is 4.79 Å². The number of nitrogens with one attached hydrogen (secondary N) is 1. The van der Waals surface area contributed by atoms with Gasteiger partial charge >= 0.3 is 0 Å². The fourth-order valence-electron chi connectivity index (χ4n) is 1.64. The Morgan fingerprint density at radius 1 is 1.69 bits per heavy atom. The Morgan fingerprint density at radius 3 is 2.85 bits per heavy atom. The van der Waals surface area contributed by atoms with Crippen molar-refractivity contribution in [2.75, 3.05) is 6.54 Å². The topological polar surface area (TPSA) is 29.1 Å². The van der Waals surface area contributed by atoms with Crippen molar-refractivity contribution in [1.29, 1.82) is 0 Å². The molecule has 0 aromatic heterocycles. The molecule has 0 saturated heterocycles. The Bertz CT molecular complexity index is 208. The van der Waals surface area contributed by atoms with E-state index in [0.717, 1.165) is 19.4 Å². The van der Waals surface area contributed by atoms with Gasteiger partial charge in [0.05, 0.1) is 0 Å². The SMILES string of the molecule is C=C1CCC(CNC(=O)C(C)C)C1. The van der Waals surface area contributed by atoms with Gasteiger partial charge in [0.25, 0.3) is 0 Å². The largest absolute Gasteiger partial charge is 0.356 e. The van der Waals surface area contributed by atoms with Crippen LogP contribution >= 0.6 is 0 Å². The van der Waals surface area contributed by atoms with E-state index >= 15 is 0 Å². The molecule has 0 spiro atoms. The van der Waals surface area contributed by atoms with Crippen LogP contribution in [0.5, 0.6) is 0 Å². The van der Waals surface area contributed by atoms with Crippen LogP contribution in [0.1, 0.15) is 33.1 Å². The molecule has 2 heteroatoms. The fraction of sp³-hybridized carbons (Fsp3) is 0.727. The van der Waals surface area contributed by atoms with Gasteiger partial charge in [0.15, 0.2) is 0 Å². The third kappa shape index (κ3) is 3.21. The van der Waals surface area contributed by atoms with Crippen LogP contribution in [-0.4, -0.2) is 12.5 Å². The van der Waals surface area contributed by atoms with E-state index in [1.54, 1.807) is 0 Å². The van der Waals surface area contributed by atoms with Gasteiger partial charge in [-0.25, -0.2) is 0 Å². The summed E-state index contributed by atoms with van der Waals surface area (Å²) in [5.41, 5.74) is 1.34. The summed E-state index contributed by atoms with van der Waals surface area (Å²) >= 11 is 0. The number of amides is 1. The van der Waals surface area contributed by atoms with Crippen molar-refractivity contribution in [3.63, 3.8) is 0 Å². The number of rotatable bonds is 3. The molecule has 13 heavy (non-hydrogen) atoms. The van der Waals surface area contributed by atoms with Crippen molar-refractivity contribution in [3.8, 4) is 0 Å². The molecule has 1 atom stereocenters. The van der Waals surface area contributed by atoms with Crippen LogP contribution < -0.4 is 5.32 Å². The summed E-state index contributed by atoms with van der Waals surface area (Å²) in [7, 11) is 0. The second-order valence-corrected chi connectivity index (χ2v) is 4.26. The number of carbonyl (C=O) groups excluding carboxylic acids is 1. The fourth-order valence-corrected chi connectivity index (χ4v) is 1.64. The Hall–Kier alpha value is -0.790. The maximum Gasteiger partial charge on any atom is 0.222 e. The lowest BCUT2D eigenvalue weighted by atomic mass is 10.1. The zero-order valence-corrected chi connectivity index (χ0v) is 8.60. The summed E-state index contributed by atoms with van der Waals surface area (Å²) in [6.07, 6.45) is 3.43. The third-order valence-corrected chi connectivity index (χ3v) is 2.57. The van der Waals surface area contributed by atoms with Gasteiger partial charge in [0.2, 0.25) is 5.91 Å². The second kappa shape index (κ2) is 4.45. The zero-order valence-electron chi connectivity index (χ0n) is 8.60. The number of allylic oxidation sites excluding steroid dienone is 1. The van der Waals surface area contributed by atoms with Crippen molar-refractivity contribution in [1.82, 2.24) is 5.32 Å². The first-order valence-corrected chi connectivity index (χ1v) is 5.04. The number of hydrogen-bond acceptors (Lipinski definition) is 1. The average Bonchev–Trinajstić information content (AvgIpc) is 2.47. The molecule has 1 aliphatic rings. The van der Waals surface area contributed by atoms with Crippen molar-refractivity contribution < 1.29 is 4.79 Å². The highest BCUT2D eigenvalue weighted by Crippen LogP contribution is 2.27. The molecule has 2 nitrogen and oxygen atoms in total. The van der Waals surface area contributed by atoms with E-state index in [1.165, 1.54) is 12.0 Å². The lowest BCUT2D eigenvalue weighted by Gasteiger charge is -2.11. The molecule has 1 N–H and O–H groups in total. The normalized spacial score (nSPS) is 22.4. The smallest absolute Gasteiger partial charge is 0.222 e. The van der Waals surface area contributed by atoms with E-state index in [4.69, 9.17) is 0 Å². The molecule has 0 heterocycles. The maximum absolute atomic E-state index is 11.2. The van der Waals surface area contributed by atoms with Crippen molar-refractivity contribution in [3.05, 3.63) is 12.2 Å². The summed E-state index contributed by atoms with van der Waals surface area (Å²) in [6, 6.07) is 0. The summed E-state index contributed by atoms with van der Waals surface area (Å²) < 4.78 is 0. The predicted molar refractivity (Wildman–Crippen MR) is 54.3 cm³/mol. The Balaban J connectivity index is 2.19. The molecule has 1 amide bonds. The molecule has 0 radical (unpaired) electrons. The lowest BCUT2D eigenvalue weighted by Crippen LogP contribution is -2.31. The Kier molecular flexibility index (Phi) is 3.52. The van der Waals surface area contributed by atoms with E-state index in [2.05, 4.69) is 11.9 Å². The highest BCUT2D eigenvalue weighted by atomic mass is 16.1. The van der Waals surface area contributed by atoms with E-state index in [0.29, 0.717) is 5.92 Å². The molecule has 0 bridgehead atoms. The maximum atomic E-state index is 11.2. The van der Waals surface area contributed by atoms with Crippen LogP contribution in [0.3, 0.4) is 0 Å². The molecule has 1 unspecified atom stereocenters. The molecular formula is C11H19NO. The predicted octanol–water partition coefficient (Wildman–Crippen LogP) is 2.11. The summed E-state index contributed by atoms with van der Waals surface area (Å²) in [5, 5.41) is 2.96. The van der Waals surface area contributed by atoms with Gasteiger partial charge in [-0.2, -0.15) is 0 Å². The van der Waals surface area contributed by atoms with Crippen LogP contribution in [0.2, 0.25) is 0 Å². The van der Waals surface area contributed by atoms with Crippen molar-refractivity contribution >= 4 is 5.91 Å². The Labute approximate surface area is 80.4 Å². The highest BCUT2D eigenvalue weighted by molar-refractivity contribution is 5.77. The van der Waals surface area contributed by atoms with Crippen molar-refractivity contribution in [2.24, 2.45) is 11.8 Å². The molecule has 1 saturated carbocycles. The van der Waals surface area contributed by atoms with E-state index in [1.807, 2.05) is 13.8 Å². The van der Waals surface area contributed by atoms with Crippen molar-refractivity contribution in [2.45, 2.75) is 33.1 Å². The summed E-state index contributed by atoms with van der Waals surface area (Å²) in [5.74, 6) is 0.900. The molecule has 1 fully saturated rings. The average molecular weight is 181 g/mol. The molecule has 1 aliphatic carbocycles. The Morgan fingerprint density at radius 2 is 2.38 bits per heavy atom. The van der Waals surface area contributed by atoms with E-state index in [9.17, 15) is 4.79 Å². The minimum atomic E-state index is 0.101. The molecular weight excluding hydrogens is 162 g/mol. The zero-order chi connectivity index (χ0) is 9.84. The minimum absolute atomic E-state index is 0.101. The quantitative estimate of drug-likeness (QED) is 0.664. The van der Waals surface area contributed by atoms with Gasteiger partial charge in [0, 0.05) is 12.5 Å². The molecule has 0 aromatic rings. The minimum Gasteiger partial charge on any atom is -0.356 e. The first-order chi connectivity index (χ1) is 6.09. The van der Waals surface area contributed by atoms with Gasteiger partial charge in [-0.1, -0.05) is 26.0 Å². The standard InChI is InChI=1S/C11H19NO/c1-8(2)11(13)12-7-10-5-4-9(3)6-10/h8,10H,3-7H2,1-2H3,(H,12,13). The lowest BCUT2D eigenvalue weighted by molar-refractivity contribution is -0.124. The second-order valence-electron chi connectivity index (χ2n) is 4.26. The van der Waals surface area contributed by atoms with Gasteiger partial charge in [-0.05, 0) is 25.2 Å². The first-order valence-electron chi connectivity index (χ1n) is 5.04. The van der Waals surface area contributed by atoms with Crippen LogP contribution in [0.4, 0.5) is 0 Å². The summed E-state index contributed by atoms with van der Waals surface area (Å²) in [4.78, 5) is 11.2. The molecule has 74 valence electrons. The van der Waals surface area contributed by atoms with Gasteiger partial charge in [-0.15, -0.1) is 0 Å². The molecule has 0 aliphatic heterocycles. The monoisotopic (exact) mass is 181 g/mol. The van der Waals surface area contributed by atoms with Gasteiger partial charge in [-0.3, -0.25) is 4.79 Å². The summed E-state index contributed by atoms with van der Waals surface area (Å²) in [6.45, 7) is 8.62. The van der Waals surface area contributed by atoms with E-state index < -0.39 is 0 Å². The van der Waals surface area contributed by atoms with Crippen LogP contribution in [0.15, 0.2) is 12.2 Å². The number of carbonyl (C=O) groups is 1. The highest BCUT2D eigenvalue weighted by Gasteiger charge is 2.18. The third-order valence-electron chi connectivity index (χ3n) is 2.57. The van der Waals surface area contributed by atoms with Crippen LogP contribution in [0.25, 0.3) is 0 Å². The first kappa shape index (κ1) is 10.3.